The van der Waals surface area contributed by atoms with Crippen LogP contribution in [0.1, 0.15) is 24.4 Å². The maximum absolute atomic E-state index is 6.02. The zero-order chi connectivity index (χ0) is 17.6. The second-order valence-corrected chi connectivity index (χ2v) is 6.38. The molecule has 7 heteroatoms. The lowest BCUT2D eigenvalue weighted by Crippen LogP contribution is -2.39. The second-order valence-electron chi connectivity index (χ2n) is 6.38. The Hall–Kier alpha value is -2.64. The van der Waals surface area contributed by atoms with Gasteiger partial charge in [-0.15, -0.1) is 0 Å². The first-order valence-electron chi connectivity index (χ1n) is 8.84. The molecule has 7 nitrogen and oxygen atoms in total. The summed E-state index contributed by atoms with van der Waals surface area (Å²) in [5.41, 5.74) is 1.97. The zero-order valence-electron chi connectivity index (χ0n) is 14.5. The van der Waals surface area contributed by atoms with Gasteiger partial charge in [-0.05, 0) is 43.7 Å². The van der Waals surface area contributed by atoms with Crippen molar-refractivity contribution in [2.45, 2.75) is 32.1 Å². The molecule has 0 aliphatic carbocycles. The Kier molecular flexibility index (Phi) is 5.27. The summed E-state index contributed by atoms with van der Waals surface area (Å²) in [6, 6.07) is 9.73. The monoisotopic (exact) mass is 351 g/mol. The predicted molar refractivity (Wildman–Crippen MR) is 94.9 cm³/mol. The van der Waals surface area contributed by atoms with E-state index in [9.17, 15) is 0 Å². The average molecular weight is 351 g/mol. The van der Waals surface area contributed by atoms with Crippen molar-refractivity contribution in [3.8, 4) is 11.4 Å². The Balaban J connectivity index is 1.30. The molecule has 0 saturated carbocycles. The summed E-state index contributed by atoms with van der Waals surface area (Å²) >= 11 is 0. The second kappa shape index (κ2) is 8.16. The van der Waals surface area contributed by atoms with E-state index in [1.54, 1.807) is 12.4 Å². The Morgan fingerprint density at radius 1 is 1.15 bits per heavy atom. The molecular weight excluding hydrogens is 330 g/mol. The molecule has 3 aromatic rings. The molecule has 3 aromatic heterocycles. The van der Waals surface area contributed by atoms with Crippen molar-refractivity contribution in [3.63, 3.8) is 0 Å². The van der Waals surface area contributed by atoms with Crippen LogP contribution >= 0.6 is 0 Å². The summed E-state index contributed by atoms with van der Waals surface area (Å²) in [6.07, 6.45) is 7.58. The van der Waals surface area contributed by atoms with Gasteiger partial charge >= 0.3 is 0 Å². The summed E-state index contributed by atoms with van der Waals surface area (Å²) in [6.45, 7) is 3.15. The standard InChI is InChI=1S/C19H21N5O2/c1-2-8-21-16(4-1)12-24-11-3-5-17(13-24)25-14-18-22-19(23-26-18)15-6-9-20-10-7-15/h1-2,4,6-10,17H,3,5,11-14H2/t17-/m0/s1. The number of hydrogen-bond acceptors (Lipinski definition) is 7. The third-order valence-electron chi connectivity index (χ3n) is 4.42. The molecule has 0 radical (unpaired) electrons. The molecule has 0 bridgehead atoms. The number of rotatable bonds is 6. The van der Waals surface area contributed by atoms with Crippen LogP contribution in [0.25, 0.3) is 11.4 Å². The van der Waals surface area contributed by atoms with E-state index in [-0.39, 0.29) is 6.10 Å². The lowest BCUT2D eigenvalue weighted by molar-refractivity contribution is -0.0213. The summed E-state index contributed by atoms with van der Waals surface area (Å²) in [5, 5.41) is 4.01. The first-order valence-corrected chi connectivity index (χ1v) is 8.84. The van der Waals surface area contributed by atoms with Crippen molar-refractivity contribution in [2.24, 2.45) is 0 Å². The zero-order valence-corrected chi connectivity index (χ0v) is 14.5. The number of piperidine rings is 1. The Morgan fingerprint density at radius 3 is 2.92 bits per heavy atom. The van der Waals surface area contributed by atoms with Gasteiger partial charge in [-0.25, -0.2) is 0 Å². The normalized spacial score (nSPS) is 18.1. The highest BCUT2D eigenvalue weighted by Crippen LogP contribution is 2.18. The van der Waals surface area contributed by atoms with Gasteiger partial charge in [-0.1, -0.05) is 11.2 Å². The van der Waals surface area contributed by atoms with Gasteiger partial charge in [0, 0.05) is 37.2 Å². The molecule has 1 aliphatic heterocycles. The first-order chi connectivity index (χ1) is 12.9. The number of pyridine rings is 2. The minimum absolute atomic E-state index is 0.170. The molecule has 1 atom stereocenters. The van der Waals surface area contributed by atoms with Crippen LogP contribution in [0.4, 0.5) is 0 Å². The van der Waals surface area contributed by atoms with Crippen LogP contribution in [-0.2, 0) is 17.9 Å². The molecule has 0 aromatic carbocycles. The minimum atomic E-state index is 0.170. The van der Waals surface area contributed by atoms with Gasteiger partial charge in [0.15, 0.2) is 0 Å². The maximum atomic E-state index is 6.02. The highest BCUT2D eigenvalue weighted by molar-refractivity contribution is 5.52. The summed E-state index contributed by atoms with van der Waals surface area (Å²) in [7, 11) is 0. The van der Waals surface area contributed by atoms with Crippen LogP contribution in [0.5, 0.6) is 0 Å². The number of hydrogen-bond donors (Lipinski definition) is 0. The molecular formula is C19H21N5O2. The van der Waals surface area contributed by atoms with E-state index in [0.717, 1.165) is 43.7 Å². The van der Waals surface area contributed by atoms with E-state index in [1.807, 2.05) is 30.5 Å². The van der Waals surface area contributed by atoms with Crippen LogP contribution in [0.2, 0.25) is 0 Å². The quantitative estimate of drug-likeness (QED) is 0.676. The van der Waals surface area contributed by atoms with Crippen molar-refractivity contribution in [3.05, 3.63) is 60.5 Å². The molecule has 1 fully saturated rings. The van der Waals surface area contributed by atoms with Crippen molar-refractivity contribution >= 4 is 0 Å². The molecule has 26 heavy (non-hydrogen) atoms. The molecule has 134 valence electrons. The maximum Gasteiger partial charge on any atom is 0.252 e. The molecule has 0 N–H and O–H groups in total. The fraction of sp³-hybridized carbons (Fsp3) is 0.368. The van der Waals surface area contributed by atoms with Crippen LogP contribution in [-0.4, -0.2) is 44.2 Å². The van der Waals surface area contributed by atoms with Crippen LogP contribution < -0.4 is 0 Å². The van der Waals surface area contributed by atoms with Crippen LogP contribution in [0.15, 0.2) is 53.4 Å². The van der Waals surface area contributed by atoms with Crippen LogP contribution in [0, 0.1) is 0 Å². The topological polar surface area (TPSA) is 77.2 Å². The van der Waals surface area contributed by atoms with Gasteiger partial charge in [0.05, 0.1) is 11.8 Å². The number of aromatic nitrogens is 4. The lowest BCUT2D eigenvalue weighted by Gasteiger charge is -2.32. The van der Waals surface area contributed by atoms with E-state index in [2.05, 4.69) is 31.1 Å². The highest BCUT2D eigenvalue weighted by atomic mass is 16.5. The fourth-order valence-electron chi connectivity index (χ4n) is 3.13. The third-order valence-corrected chi connectivity index (χ3v) is 4.42. The molecule has 4 heterocycles. The fourth-order valence-corrected chi connectivity index (χ4v) is 3.13. The van der Waals surface area contributed by atoms with E-state index >= 15 is 0 Å². The Morgan fingerprint density at radius 2 is 2.08 bits per heavy atom. The van der Waals surface area contributed by atoms with Gasteiger partial charge < -0.3 is 9.26 Å². The van der Waals surface area contributed by atoms with E-state index in [0.29, 0.717) is 18.3 Å². The van der Waals surface area contributed by atoms with Gasteiger partial charge in [0.25, 0.3) is 5.89 Å². The summed E-state index contributed by atoms with van der Waals surface area (Å²) < 4.78 is 11.3. The van der Waals surface area contributed by atoms with Gasteiger partial charge in [-0.2, -0.15) is 4.98 Å². The molecule has 1 saturated heterocycles. The largest absolute Gasteiger partial charge is 0.367 e. The Labute approximate surface area is 152 Å². The lowest BCUT2D eigenvalue weighted by atomic mass is 10.1. The smallest absolute Gasteiger partial charge is 0.252 e. The molecule has 4 rings (SSSR count). The molecule has 0 spiro atoms. The molecule has 1 aliphatic rings. The predicted octanol–water partition coefficient (Wildman–Crippen LogP) is 2.71. The van der Waals surface area contributed by atoms with Crippen molar-refractivity contribution in [1.82, 2.24) is 25.0 Å². The third kappa shape index (κ3) is 4.30. The molecule has 0 unspecified atom stereocenters. The van der Waals surface area contributed by atoms with Crippen LogP contribution in [0.3, 0.4) is 0 Å². The first kappa shape index (κ1) is 16.8. The number of ether oxygens (including phenoxy) is 1. The van der Waals surface area contributed by atoms with E-state index < -0.39 is 0 Å². The molecule has 0 amide bonds. The van der Waals surface area contributed by atoms with Crippen molar-refractivity contribution < 1.29 is 9.26 Å². The number of likely N-dealkylation sites (tertiary alicyclic amines) is 1. The average Bonchev–Trinajstić information content (AvgIpc) is 3.17. The summed E-state index contributed by atoms with van der Waals surface area (Å²) in [4.78, 5) is 15.2. The van der Waals surface area contributed by atoms with Gasteiger partial charge in [-0.3, -0.25) is 14.9 Å². The Bertz CT molecular complexity index is 809. The van der Waals surface area contributed by atoms with E-state index in [4.69, 9.17) is 9.26 Å². The van der Waals surface area contributed by atoms with Gasteiger partial charge in [0.1, 0.15) is 6.61 Å². The van der Waals surface area contributed by atoms with Crippen molar-refractivity contribution in [1.29, 1.82) is 0 Å². The minimum Gasteiger partial charge on any atom is -0.367 e. The van der Waals surface area contributed by atoms with Crippen molar-refractivity contribution in [2.75, 3.05) is 13.1 Å². The van der Waals surface area contributed by atoms with Gasteiger partial charge in [0.2, 0.25) is 5.82 Å². The number of nitrogens with zero attached hydrogens (tertiary/aromatic N) is 5. The summed E-state index contributed by atoms with van der Waals surface area (Å²) in [5.74, 6) is 1.06. The SMILES string of the molecule is c1ccc(CN2CCC[C@H](OCc3nc(-c4ccncc4)no3)C2)nc1. The van der Waals surface area contributed by atoms with E-state index in [1.165, 1.54) is 0 Å². The highest BCUT2D eigenvalue weighted by Gasteiger charge is 2.21.